The van der Waals surface area contributed by atoms with Crippen molar-refractivity contribution in [1.82, 2.24) is 0 Å². The van der Waals surface area contributed by atoms with E-state index in [0.717, 1.165) is 16.7 Å². The number of benzene rings is 2. The number of carbonyl (C=O) groups excluding carboxylic acids is 1. The van der Waals surface area contributed by atoms with Gasteiger partial charge in [-0.2, -0.15) is 0 Å². The Balaban J connectivity index is 2.27. The summed E-state index contributed by atoms with van der Waals surface area (Å²) in [4.78, 5) is 10.4. The predicted octanol–water partition coefficient (Wildman–Crippen LogP) is 3.55. The van der Waals surface area contributed by atoms with Gasteiger partial charge in [0.25, 0.3) is 5.91 Å². The Hall–Kier alpha value is -1.55. The fourth-order valence-corrected chi connectivity index (χ4v) is 1.96. The Morgan fingerprint density at radius 2 is 1.75 bits per heavy atom. The van der Waals surface area contributed by atoms with Gasteiger partial charge < -0.3 is 11.1 Å². The average Bonchev–Trinajstić information content (AvgIpc) is 2.47. The predicted molar refractivity (Wildman–Crippen MR) is 83.9 cm³/mol. The van der Waals surface area contributed by atoms with E-state index in [1.54, 1.807) is 6.07 Å². The number of rotatable bonds is 4. The maximum Gasteiger partial charge on any atom is 0.257 e. The molecule has 3 N–H and O–H groups in total. The van der Waals surface area contributed by atoms with Gasteiger partial charge in [-0.05, 0) is 34.9 Å². The van der Waals surface area contributed by atoms with Crippen LogP contribution < -0.4 is 11.1 Å². The maximum absolute atomic E-state index is 11.5. The molecule has 0 spiro atoms. The van der Waals surface area contributed by atoms with Crippen molar-refractivity contribution in [3.8, 4) is 11.1 Å². The van der Waals surface area contributed by atoms with Crippen molar-refractivity contribution < 1.29 is 4.79 Å². The van der Waals surface area contributed by atoms with Gasteiger partial charge in [-0.1, -0.05) is 53.5 Å². The van der Waals surface area contributed by atoms with Crippen LogP contribution in [0.2, 0.25) is 0 Å². The summed E-state index contributed by atoms with van der Waals surface area (Å²) in [6.45, 7) is 0.491. The smallest absolute Gasteiger partial charge is 0.257 e. The van der Waals surface area contributed by atoms with Crippen LogP contribution in [0, 0.1) is 0 Å². The zero-order valence-corrected chi connectivity index (χ0v) is 12.2. The molecule has 0 aliphatic heterocycles. The Kier molecular flexibility index (Phi) is 5.01. The van der Waals surface area contributed by atoms with Gasteiger partial charge in [0, 0.05) is 12.2 Å². The maximum atomic E-state index is 11.5. The molecule has 20 heavy (non-hydrogen) atoms. The third-order valence-electron chi connectivity index (χ3n) is 2.82. The minimum absolute atomic E-state index is 0.443. The van der Waals surface area contributed by atoms with Gasteiger partial charge >= 0.3 is 0 Å². The Bertz CT molecular complexity index is 614. The molecule has 0 aromatic heterocycles. The molecular formula is C15H14Cl2N2O. The summed E-state index contributed by atoms with van der Waals surface area (Å²) in [5.41, 5.74) is 9.37. The van der Waals surface area contributed by atoms with E-state index in [0.29, 0.717) is 12.2 Å². The number of halogens is 2. The molecule has 5 heteroatoms. The van der Waals surface area contributed by atoms with Crippen LogP contribution in [-0.2, 0) is 11.3 Å². The molecule has 2 aromatic rings. The van der Waals surface area contributed by atoms with Crippen LogP contribution in [0.25, 0.3) is 11.1 Å². The standard InChI is InChI=1S/C15H14Cl2N2O/c16-14(17)15(20)19-13-6-2-5-12(8-13)11-4-1-3-10(7-11)9-18/h1-8,14H,9,18H2,(H,19,20). The van der Waals surface area contributed by atoms with Crippen molar-refractivity contribution in [1.29, 1.82) is 0 Å². The summed E-state index contributed by atoms with van der Waals surface area (Å²) in [5, 5.41) is 2.65. The van der Waals surface area contributed by atoms with Gasteiger partial charge in [0.15, 0.2) is 4.84 Å². The highest BCUT2D eigenvalue weighted by atomic mass is 35.5. The molecule has 2 aromatic carbocycles. The van der Waals surface area contributed by atoms with E-state index in [2.05, 4.69) is 5.32 Å². The summed E-state index contributed by atoms with van der Waals surface area (Å²) < 4.78 is 0. The summed E-state index contributed by atoms with van der Waals surface area (Å²) >= 11 is 11.0. The largest absolute Gasteiger partial charge is 0.326 e. The van der Waals surface area contributed by atoms with E-state index in [1.807, 2.05) is 42.5 Å². The lowest BCUT2D eigenvalue weighted by atomic mass is 10.0. The number of hydrogen-bond acceptors (Lipinski definition) is 2. The molecule has 2 rings (SSSR count). The van der Waals surface area contributed by atoms with E-state index in [1.165, 1.54) is 0 Å². The third-order valence-corrected chi connectivity index (χ3v) is 3.22. The molecule has 0 unspecified atom stereocenters. The molecular weight excluding hydrogens is 295 g/mol. The van der Waals surface area contributed by atoms with E-state index in [9.17, 15) is 4.79 Å². The average molecular weight is 309 g/mol. The molecule has 0 radical (unpaired) electrons. The van der Waals surface area contributed by atoms with Crippen molar-refractivity contribution in [2.75, 3.05) is 5.32 Å². The minimum Gasteiger partial charge on any atom is -0.326 e. The van der Waals surface area contributed by atoms with E-state index in [4.69, 9.17) is 28.9 Å². The summed E-state index contributed by atoms with van der Waals surface area (Å²) in [7, 11) is 0. The van der Waals surface area contributed by atoms with Crippen molar-refractivity contribution in [3.05, 3.63) is 54.1 Å². The summed E-state index contributed by atoms with van der Waals surface area (Å²) in [6, 6.07) is 15.4. The highest BCUT2D eigenvalue weighted by Gasteiger charge is 2.11. The quantitative estimate of drug-likeness (QED) is 0.849. The highest BCUT2D eigenvalue weighted by molar-refractivity contribution is 6.54. The second kappa shape index (κ2) is 6.75. The molecule has 0 bridgehead atoms. The van der Waals surface area contributed by atoms with Gasteiger partial charge in [0.05, 0.1) is 0 Å². The van der Waals surface area contributed by atoms with Crippen LogP contribution in [0.5, 0.6) is 0 Å². The Labute approximate surface area is 127 Å². The number of hydrogen-bond donors (Lipinski definition) is 2. The first-order chi connectivity index (χ1) is 9.60. The van der Waals surface area contributed by atoms with Gasteiger partial charge in [-0.15, -0.1) is 0 Å². The van der Waals surface area contributed by atoms with Gasteiger partial charge in [0.1, 0.15) is 0 Å². The molecule has 104 valence electrons. The third kappa shape index (κ3) is 3.73. The number of amides is 1. The van der Waals surface area contributed by atoms with Crippen molar-refractivity contribution in [2.24, 2.45) is 5.73 Å². The molecule has 0 saturated heterocycles. The SMILES string of the molecule is NCc1cccc(-c2cccc(NC(=O)C(Cl)Cl)c2)c1. The molecule has 0 fully saturated rings. The van der Waals surface area contributed by atoms with Crippen LogP contribution >= 0.6 is 23.2 Å². The van der Waals surface area contributed by atoms with Crippen molar-refractivity contribution in [2.45, 2.75) is 11.4 Å². The Morgan fingerprint density at radius 1 is 1.10 bits per heavy atom. The number of anilines is 1. The van der Waals surface area contributed by atoms with Crippen LogP contribution in [-0.4, -0.2) is 10.7 Å². The molecule has 0 saturated carbocycles. The fourth-order valence-electron chi connectivity index (χ4n) is 1.85. The van der Waals surface area contributed by atoms with Crippen molar-refractivity contribution >= 4 is 34.8 Å². The second-order valence-electron chi connectivity index (χ2n) is 4.28. The van der Waals surface area contributed by atoms with E-state index >= 15 is 0 Å². The lowest BCUT2D eigenvalue weighted by Crippen LogP contribution is -2.18. The van der Waals surface area contributed by atoms with Gasteiger partial charge in [0.2, 0.25) is 0 Å². The topological polar surface area (TPSA) is 55.1 Å². The van der Waals surface area contributed by atoms with Gasteiger partial charge in [-0.3, -0.25) is 4.79 Å². The number of alkyl halides is 2. The lowest BCUT2D eigenvalue weighted by molar-refractivity contribution is -0.114. The number of nitrogens with one attached hydrogen (secondary N) is 1. The highest BCUT2D eigenvalue weighted by Crippen LogP contribution is 2.24. The monoisotopic (exact) mass is 308 g/mol. The molecule has 0 atom stereocenters. The molecule has 0 aliphatic rings. The van der Waals surface area contributed by atoms with Crippen LogP contribution in [0.3, 0.4) is 0 Å². The van der Waals surface area contributed by atoms with Gasteiger partial charge in [-0.25, -0.2) is 0 Å². The molecule has 0 aliphatic carbocycles. The lowest BCUT2D eigenvalue weighted by Gasteiger charge is -2.09. The number of nitrogens with two attached hydrogens (primary N) is 1. The first-order valence-electron chi connectivity index (χ1n) is 6.08. The normalized spacial score (nSPS) is 10.6. The summed E-state index contributed by atoms with van der Waals surface area (Å²) in [5.74, 6) is -0.443. The van der Waals surface area contributed by atoms with Crippen LogP contribution in [0.15, 0.2) is 48.5 Å². The first-order valence-corrected chi connectivity index (χ1v) is 6.96. The van der Waals surface area contributed by atoms with Crippen LogP contribution in [0.1, 0.15) is 5.56 Å². The molecule has 1 amide bonds. The molecule has 3 nitrogen and oxygen atoms in total. The fraction of sp³-hybridized carbons (Fsp3) is 0.133. The Morgan fingerprint density at radius 3 is 2.40 bits per heavy atom. The first kappa shape index (κ1) is 14.9. The minimum atomic E-state index is -1.08. The molecule has 0 heterocycles. The van der Waals surface area contributed by atoms with E-state index in [-0.39, 0.29) is 0 Å². The zero-order chi connectivity index (χ0) is 14.5. The van der Waals surface area contributed by atoms with E-state index < -0.39 is 10.7 Å². The summed E-state index contributed by atoms with van der Waals surface area (Å²) in [6.07, 6.45) is 0. The zero-order valence-electron chi connectivity index (χ0n) is 10.6. The van der Waals surface area contributed by atoms with Crippen molar-refractivity contribution in [3.63, 3.8) is 0 Å². The second-order valence-corrected chi connectivity index (χ2v) is 5.37. The van der Waals surface area contributed by atoms with Crippen LogP contribution in [0.4, 0.5) is 5.69 Å². The number of carbonyl (C=O) groups is 1.